The Balaban J connectivity index is 1.53. The molecule has 2 aromatic carbocycles. The van der Waals surface area contributed by atoms with Crippen molar-refractivity contribution in [2.24, 2.45) is 0 Å². The lowest BCUT2D eigenvalue weighted by Crippen LogP contribution is -2.48. The summed E-state index contributed by atoms with van der Waals surface area (Å²) >= 11 is 6.04. The van der Waals surface area contributed by atoms with Crippen molar-refractivity contribution in [1.29, 1.82) is 0 Å². The van der Waals surface area contributed by atoms with Crippen molar-refractivity contribution in [2.45, 2.75) is 26.1 Å². The number of ether oxygens (including phenoxy) is 1. The maximum Gasteiger partial charge on any atom is 0.254 e. The van der Waals surface area contributed by atoms with Gasteiger partial charge in [-0.25, -0.2) is 0 Å². The quantitative estimate of drug-likeness (QED) is 0.802. The number of nitrogens with zero attached hydrogens (tertiary/aromatic N) is 1. The molecule has 0 aliphatic carbocycles. The number of carbonyl (C=O) groups is 2. The number of anilines is 2. The highest BCUT2D eigenvalue weighted by Crippen LogP contribution is 2.20. The van der Waals surface area contributed by atoms with Gasteiger partial charge in [0.15, 0.2) is 0 Å². The third-order valence-electron chi connectivity index (χ3n) is 4.44. The van der Waals surface area contributed by atoms with Crippen LogP contribution < -0.4 is 10.6 Å². The Labute approximate surface area is 169 Å². The highest BCUT2D eigenvalue weighted by Gasteiger charge is 2.26. The fourth-order valence-electron chi connectivity index (χ4n) is 3.20. The van der Waals surface area contributed by atoms with Gasteiger partial charge in [-0.1, -0.05) is 23.7 Å². The first-order valence-corrected chi connectivity index (χ1v) is 9.63. The van der Waals surface area contributed by atoms with Crippen LogP contribution in [0.1, 0.15) is 24.2 Å². The van der Waals surface area contributed by atoms with E-state index in [4.69, 9.17) is 16.3 Å². The van der Waals surface area contributed by atoms with Gasteiger partial charge in [-0.05, 0) is 50.2 Å². The van der Waals surface area contributed by atoms with Crippen LogP contribution in [0.25, 0.3) is 0 Å². The van der Waals surface area contributed by atoms with Gasteiger partial charge in [0.2, 0.25) is 5.91 Å². The zero-order chi connectivity index (χ0) is 20.1. The molecule has 0 aromatic heterocycles. The fraction of sp³-hybridized carbons (Fsp3) is 0.333. The van der Waals surface area contributed by atoms with E-state index in [0.29, 0.717) is 29.4 Å². The van der Waals surface area contributed by atoms with Crippen LogP contribution in [0.5, 0.6) is 0 Å². The van der Waals surface area contributed by atoms with Crippen LogP contribution in [-0.4, -0.2) is 48.6 Å². The lowest BCUT2D eigenvalue weighted by Gasteiger charge is -2.35. The molecule has 1 saturated heterocycles. The number of morpholine rings is 1. The van der Waals surface area contributed by atoms with E-state index < -0.39 is 0 Å². The second-order valence-electron chi connectivity index (χ2n) is 6.93. The second-order valence-corrected chi connectivity index (χ2v) is 7.33. The Morgan fingerprint density at radius 1 is 1.07 bits per heavy atom. The molecule has 0 saturated carbocycles. The Morgan fingerprint density at radius 3 is 2.36 bits per heavy atom. The van der Waals surface area contributed by atoms with E-state index in [1.807, 2.05) is 18.7 Å². The highest BCUT2D eigenvalue weighted by atomic mass is 35.5. The van der Waals surface area contributed by atoms with E-state index >= 15 is 0 Å². The number of hydrogen-bond donors (Lipinski definition) is 2. The number of rotatable bonds is 5. The highest BCUT2D eigenvalue weighted by molar-refractivity contribution is 6.33. The number of hydrogen-bond acceptors (Lipinski definition) is 4. The smallest absolute Gasteiger partial charge is 0.254 e. The van der Waals surface area contributed by atoms with Crippen LogP contribution in [0.3, 0.4) is 0 Å². The minimum atomic E-state index is -0.204. The summed E-state index contributed by atoms with van der Waals surface area (Å²) < 4.78 is 5.68. The molecule has 1 heterocycles. The minimum Gasteiger partial charge on any atom is -0.376 e. The molecule has 6 nitrogen and oxygen atoms in total. The molecule has 2 N–H and O–H groups in total. The molecule has 2 unspecified atom stereocenters. The van der Waals surface area contributed by atoms with Crippen molar-refractivity contribution in [3.8, 4) is 0 Å². The first-order chi connectivity index (χ1) is 13.4. The molecule has 3 rings (SSSR count). The lowest BCUT2D eigenvalue weighted by atomic mass is 10.1. The Morgan fingerprint density at radius 2 is 1.71 bits per heavy atom. The average molecular weight is 402 g/mol. The van der Waals surface area contributed by atoms with Crippen molar-refractivity contribution in [2.75, 3.05) is 30.3 Å². The van der Waals surface area contributed by atoms with E-state index in [1.54, 1.807) is 48.5 Å². The summed E-state index contributed by atoms with van der Waals surface area (Å²) in [5.41, 5.74) is 1.95. The van der Waals surface area contributed by atoms with Crippen LogP contribution in [0.4, 0.5) is 11.4 Å². The summed E-state index contributed by atoms with van der Waals surface area (Å²) in [6.07, 6.45) is 0.0653. The molecule has 28 heavy (non-hydrogen) atoms. The van der Waals surface area contributed by atoms with Gasteiger partial charge in [0, 0.05) is 24.3 Å². The van der Waals surface area contributed by atoms with E-state index in [2.05, 4.69) is 10.6 Å². The first kappa shape index (κ1) is 20.2. The molecule has 1 aliphatic heterocycles. The predicted molar refractivity (Wildman–Crippen MR) is 111 cm³/mol. The van der Waals surface area contributed by atoms with E-state index in [-0.39, 0.29) is 30.6 Å². The molecule has 1 fully saturated rings. The number of para-hydroxylation sites is 1. The van der Waals surface area contributed by atoms with Gasteiger partial charge in [0.05, 0.1) is 29.5 Å². The third-order valence-corrected chi connectivity index (χ3v) is 4.77. The summed E-state index contributed by atoms with van der Waals surface area (Å²) in [5, 5.41) is 6.29. The van der Waals surface area contributed by atoms with Gasteiger partial charge in [-0.15, -0.1) is 0 Å². The zero-order valence-corrected chi connectivity index (χ0v) is 16.7. The molecule has 0 radical (unpaired) electrons. The molecular weight excluding hydrogens is 378 g/mol. The summed E-state index contributed by atoms with van der Waals surface area (Å²) in [6, 6.07) is 14.2. The van der Waals surface area contributed by atoms with Crippen molar-refractivity contribution < 1.29 is 14.3 Å². The molecule has 2 atom stereocenters. The molecule has 0 spiro atoms. The predicted octanol–water partition coefficient (Wildman–Crippen LogP) is 3.64. The maximum absolute atomic E-state index is 12.7. The maximum atomic E-state index is 12.7. The van der Waals surface area contributed by atoms with Crippen molar-refractivity contribution in [1.82, 2.24) is 4.90 Å². The Bertz CT molecular complexity index is 831. The molecule has 0 bridgehead atoms. The normalized spacial score (nSPS) is 19.2. The van der Waals surface area contributed by atoms with Crippen LogP contribution >= 0.6 is 11.6 Å². The van der Waals surface area contributed by atoms with Gasteiger partial charge in [-0.2, -0.15) is 0 Å². The second kappa shape index (κ2) is 9.08. The van der Waals surface area contributed by atoms with E-state index in [9.17, 15) is 9.59 Å². The fourth-order valence-corrected chi connectivity index (χ4v) is 3.38. The van der Waals surface area contributed by atoms with E-state index in [0.717, 1.165) is 5.69 Å². The van der Waals surface area contributed by atoms with Crippen LogP contribution in [0.15, 0.2) is 48.5 Å². The SMILES string of the molecule is CC1CN(C(=O)c2ccc(NCC(=O)Nc3ccccc3Cl)cc2)CC(C)O1. The molecule has 2 amide bonds. The zero-order valence-electron chi connectivity index (χ0n) is 15.9. The van der Waals surface area contributed by atoms with Gasteiger partial charge in [-0.3, -0.25) is 9.59 Å². The van der Waals surface area contributed by atoms with Gasteiger partial charge >= 0.3 is 0 Å². The first-order valence-electron chi connectivity index (χ1n) is 9.25. The topological polar surface area (TPSA) is 70.7 Å². The summed E-state index contributed by atoms with van der Waals surface area (Å²) in [5.74, 6) is -0.213. The van der Waals surface area contributed by atoms with Crippen LogP contribution in [0, 0.1) is 0 Å². The summed E-state index contributed by atoms with van der Waals surface area (Å²) in [7, 11) is 0. The van der Waals surface area contributed by atoms with Crippen molar-refractivity contribution in [3.05, 3.63) is 59.1 Å². The average Bonchev–Trinajstić information content (AvgIpc) is 2.67. The molecular formula is C21H24ClN3O3. The van der Waals surface area contributed by atoms with Crippen LogP contribution in [-0.2, 0) is 9.53 Å². The standard InChI is InChI=1S/C21H24ClN3O3/c1-14-12-25(13-15(2)28-14)21(27)16-7-9-17(10-8-16)23-11-20(26)24-19-6-4-3-5-18(19)22/h3-10,14-15,23H,11-13H2,1-2H3,(H,24,26). The number of benzene rings is 2. The van der Waals surface area contributed by atoms with Gasteiger partial charge < -0.3 is 20.3 Å². The van der Waals surface area contributed by atoms with E-state index in [1.165, 1.54) is 0 Å². The number of nitrogens with one attached hydrogen (secondary N) is 2. The molecule has 1 aliphatic rings. The monoisotopic (exact) mass is 401 g/mol. The Hall–Kier alpha value is -2.57. The number of halogens is 1. The third kappa shape index (κ3) is 5.24. The largest absolute Gasteiger partial charge is 0.376 e. The summed E-state index contributed by atoms with van der Waals surface area (Å²) in [6.45, 7) is 5.21. The van der Waals surface area contributed by atoms with Gasteiger partial charge in [0.25, 0.3) is 5.91 Å². The minimum absolute atomic E-state index is 0.00925. The molecule has 2 aromatic rings. The number of amides is 2. The number of carbonyl (C=O) groups excluding carboxylic acids is 2. The lowest BCUT2D eigenvalue weighted by molar-refractivity contribution is -0.114. The van der Waals surface area contributed by atoms with Crippen molar-refractivity contribution >= 4 is 34.8 Å². The Kier molecular flexibility index (Phi) is 6.54. The summed E-state index contributed by atoms with van der Waals surface area (Å²) in [4.78, 5) is 26.6. The van der Waals surface area contributed by atoms with Crippen LogP contribution in [0.2, 0.25) is 5.02 Å². The van der Waals surface area contributed by atoms with Crippen molar-refractivity contribution in [3.63, 3.8) is 0 Å². The van der Waals surface area contributed by atoms with Gasteiger partial charge in [0.1, 0.15) is 0 Å². The molecule has 148 valence electrons. The molecule has 7 heteroatoms.